The summed E-state index contributed by atoms with van der Waals surface area (Å²) in [6.07, 6.45) is 1.77. The summed E-state index contributed by atoms with van der Waals surface area (Å²) in [5, 5.41) is 0.981. The van der Waals surface area contributed by atoms with E-state index in [9.17, 15) is 9.59 Å². The number of ether oxygens (including phenoxy) is 1. The molecule has 0 aromatic heterocycles. The van der Waals surface area contributed by atoms with E-state index in [0.717, 1.165) is 11.8 Å². The molecule has 0 bridgehead atoms. The number of Topliss-reactive ketones (excluding diaryl/α,β-unsaturated/α-hetero) is 1. The fourth-order valence-electron chi connectivity index (χ4n) is 0.582. The zero-order valence-electron chi connectivity index (χ0n) is 7.37. The van der Waals surface area contributed by atoms with Crippen LogP contribution in [0.5, 0.6) is 0 Å². The van der Waals surface area contributed by atoms with Crippen molar-refractivity contribution in [2.24, 2.45) is 0 Å². The molecule has 1 unspecified atom stereocenters. The van der Waals surface area contributed by atoms with Gasteiger partial charge >= 0.3 is 5.97 Å². The third kappa shape index (κ3) is 3.57. The van der Waals surface area contributed by atoms with Crippen LogP contribution in [-0.2, 0) is 14.3 Å². The molecule has 0 aromatic carbocycles. The molecule has 0 aliphatic rings. The van der Waals surface area contributed by atoms with Crippen molar-refractivity contribution in [1.29, 1.82) is 0 Å². The summed E-state index contributed by atoms with van der Waals surface area (Å²) in [4.78, 5) is 21.9. The van der Waals surface area contributed by atoms with Crippen LogP contribution in [0.2, 0.25) is 0 Å². The van der Waals surface area contributed by atoms with Crippen LogP contribution in [0.25, 0.3) is 0 Å². The number of carbonyl (C=O) groups excluding carboxylic acids is 2. The lowest BCUT2D eigenvalue weighted by atomic mass is 10.3. The molecule has 0 saturated carbocycles. The number of methoxy groups -OCH3 is 1. The Morgan fingerprint density at radius 2 is 2.08 bits per heavy atom. The topological polar surface area (TPSA) is 43.4 Å². The van der Waals surface area contributed by atoms with Crippen LogP contribution < -0.4 is 0 Å². The van der Waals surface area contributed by atoms with Gasteiger partial charge in [0, 0.05) is 0 Å². The van der Waals surface area contributed by atoms with E-state index in [4.69, 9.17) is 0 Å². The lowest BCUT2D eigenvalue weighted by Crippen LogP contribution is -2.25. The summed E-state index contributed by atoms with van der Waals surface area (Å²) in [5.41, 5.74) is 0. The Bertz CT molecular complexity index is 198. The van der Waals surface area contributed by atoms with E-state index in [1.807, 2.05) is 6.92 Å². The van der Waals surface area contributed by atoms with Crippen molar-refractivity contribution in [2.45, 2.75) is 19.1 Å². The fourth-order valence-corrected chi connectivity index (χ4v) is 1.29. The van der Waals surface area contributed by atoms with Gasteiger partial charge in [-0.25, -0.2) is 0 Å². The van der Waals surface area contributed by atoms with Gasteiger partial charge in [-0.1, -0.05) is 6.08 Å². The zero-order chi connectivity index (χ0) is 9.56. The molecule has 0 fully saturated rings. The maximum Gasteiger partial charge on any atom is 0.326 e. The van der Waals surface area contributed by atoms with Gasteiger partial charge in [-0.05, 0) is 19.3 Å². The van der Waals surface area contributed by atoms with Crippen molar-refractivity contribution in [1.82, 2.24) is 0 Å². The molecule has 3 nitrogen and oxygen atoms in total. The third-order valence-corrected chi connectivity index (χ3v) is 2.36. The molecule has 0 aliphatic carbocycles. The van der Waals surface area contributed by atoms with Crippen molar-refractivity contribution in [2.75, 3.05) is 7.11 Å². The Morgan fingerprint density at radius 1 is 1.50 bits per heavy atom. The smallest absolute Gasteiger partial charge is 0.326 e. The van der Waals surface area contributed by atoms with E-state index in [1.54, 1.807) is 11.5 Å². The highest BCUT2D eigenvalue weighted by Gasteiger charge is 2.23. The first-order valence-electron chi connectivity index (χ1n) is 3.48. The second-order valence-electron chi connectivity index (χ2n) is 2.12. The number of allylic oxidation sites excluding steroid dienone is 1. The van der Waals surface area contributed by atoms with Crippen molar-refractivity contribution in [3.05, 3.63) is 11.5 Å². The fraction of sp³-hybridized carbons (Fsp3) is 0.500. The first-order valence-corrected chi connectivity index (χ1v) is 4.42. The van der Waals surface area contributed by atoms with Crippen LogP contribution in [0, 0.1) is 0 Å². The predicted octanol–water partition coefficient (Wildman–Crippen LogP) is 1.38. The summed E-state index contributed by atoms with van der Waals surface area (Å²) in [7, 11) is 1.27. The second-order valence-corrected chi connectivity index (χ2v) is 3.14. The average Bonchev–Trinajstić information content (AvgIpc) is 2.04. The highest BCUT2D eigenvalue weighted by molar-refractivity contribution is 8.04. The molecule has 0 rings (SSSR count). The maximum absolute atomic E-state index is 11.0. The summed E-state index contributed by atoms with van der Waals surface area (Å²) < 4.78 is 4.46. The molecule has 0 aliphatic heterocycles. The van der Waals surface area contributed by atoms with Crippen LogP contribution in [0.4, 0.5) is 0 Å². The van der Waals surface area contributed by atoms with E-state index < -0.39 is 11.2 Å². The van der Waals surface area contributed by atoms with Crippen LogP contribution in [-0.4, -0.2) is 24.1 Å². The molecule has 0 radical (unpaired) electrons. The van der Waals surface area contributed by atoms with E-state index in [0.29, 0.717) is 0 Å². The number of hydrogen-bond donors (Lipinski definition) is 0. The minimum absolute atomic E-state index is 0.190. The number of esters is 1. The standard InChI is InChI=1S/C8H12O3S/c1-4-5-12-7(6(2)9)8(10)11-3/h4-5,7H,1-3H3. The minimum atomic E-state index is -0.716. The zero-order valence-corrected chi connectivity index (χ0v) is 8.18. The number of hydrogen-bond acceptors (Lipinski definition) is 4. The Hall–Kier alpha value is -0.770. The van der Waals surface area contributed by atoms with Gasteiger partial charge in [0.1, 0.15) is 0 Å². The van der Waals surface area contributed by atoms with Crippen LogP contribution in [0.1, 0.15) is 13.8 Å². The average molecular weight is 188 g/mol. The lowest BCUT2D eigenvalue weighted by molar-refractivity contribution is -0.142. The minimum Gasteiger partial charge on any atom is -0.468 e. The lowest BCUT2D eigenvalue weighted by Gasteiger charge is -2.07. The van der Waals surface area contributed by atoms with Gasteiger partial charge < -0.3 is 4.74 Å². The predicted molar refractivity (Wildman–Crippen MR) is 48.9 cm³/mol. The summed E-state index contributed by atoms with van der Waals surface area (Å²) >= 11 is 1.16. The molecule has 4 heteroatoms. The number of carbonyl (C=O) groups is 2. The summed E-state index contributed by atoms with van der Waals surface area (Å²) in [6.45, 7) is 3.19. The second kappa shape index (κ2) is 5.83. The SMILES string of the molecule is CC=CSC(C(C)=O)C(=O)OC. The van der Waals surface area contributed by atoms with Crippen LogP contribution in [0.15, 0.2) is 11.5 Å². The van der Waals surface area contributed by atoms with Crippen molar-refractivity contribution < 1.29 is 14.3 Å². The van der Waals surface area contributed by atoms with Gasteiger partial charge in [-0.15, -0.1) is 11.8 Å². The van der Waals surface area contributed by atoms with E-state index >= 15 is 0 Å². The first-order chi connectivity index (χ1) is 5.63. The first kappa shape index (κ1) is 11.2. The number of thioether (sulfide) groups is 1. The van der Waals surface area contributed by atoms with Crippen molar-refractivity contribution in [3.63, 3.8) is 0 Å². The maximum atomic E-state index is 11.0. The molecule has 0 N–H and O–H groups in total. The molecule has 1 atom stereocenters. The molecular weight excluding hydrogens is 176 g/mol. The third-order valence-electron chi connectivity index (χ3n) is 1.14. The molecule has 0 saturated heterocycles. The van der Waals surface area contributed by atoms with Gasteiger partial charge in [0.15, 0.2) is 11.0 Å². The Morgan fingerprint density at radius 3 is 2.42 bits per heavy atom. The van der Waals surface area contributed by atoms with Crippen molar-refractivity contribution in [3.8, 4) is 0 Å². The van der Waals surface area contributed by atoms with Gasteiger partial charge in [0.25, 0.3) is 0 Å². The molecule has 68 valence electrons. The molecule has 0 spiro atoms. The Labute approximate surface area is 76.2 Å². The van der Waals surface area contributed by atoms with Crippen LogP contribution in [0.3, 0.4) is 0 Å². The van der Waals surface area contributed by atoms with Crippen molar-refractivity contribution >= 4 is 23.5 Å². The summed E-state index contributed by atoms with van der Waals surface area (Å²) in [6, 6.07) is 0. The van der Waals surface area contributed by atoms with Crippen LogP contribution >= 0.6 is 11.8 Å². The Kier molecular flexibility index (Phi) is 5.45. The largest absolute Gasteiger partial charge is 0.468 e. The van der Waals surface area contributed by atoms with Gasteiger partial charge in [-0.3, -0.25) is 9.59 Å². The van der Waals surface area contributed by atoms with E-state index in [2.05, 4.69) is 4.74 Å². The molecular formula is C8H12O3S. The summed E-state index contributed by atoms with van der Waals surface area (Å²) in [5.74, 6) is -0.685. The van der Waals surface area contributed by atoms with E-state index in [-0.39, 0.29) is 5.78 Å². The number of ketones is 1. The molecule has 0 heterocycles. The highest BCUT2D eigenvalue weighted by Crippen LogP contribution is 2.14. The monoisotopic (exact) mass is 188 g/mol. The number of rotatable bonds is 4. The highest BCUT2D eigenvalue weighted by atomic mass is 32.2. The Balaban J connectivity index is 4.23. The normalized spacial score (nSPS) is 12.9. The van der Waals surface area contributed by atoms with Gasteiger partial charge in [-0.2, -0.15) is 0 Å². The quantitative estimate of drug-likeness (QED) is 0.494. The van der Waals surface area contributed by atoms with Gasteiger partial charge in [0.2, 0.25) is 0 Å². The molecule has 12 heavy (non-hydrogen) atoms. The van der Waals surface area contributed by atoms with Gasteiger partial charge in [0.05, 0.1) is 7.11 Å². The molecule has 0 aromatic rings. The molecule has 0 amide bonds. The van der Waals surface area contributed by atoms with E-state index in [1.165, 1.54) is 14.0 Å².